The van der Waals surface area contributed by atoms with Crippen LogP contribution in [0, 0.1) is 6.92 Å². The minimum atomic E-state index is -5.06. The minimum Gasteiger partial charge on any atom is -0.388 e. The molecule has 0 N–H and O–H groups in total. The van der Waals surface area contributed by atoms with Crippen LogP contribution >= 0.6 is 0 Å². The van der Waals surface area contributed by atoms with Crippen LogP contribution in [0.3, 0.4) is 0 Å². The highest BCUT2D eigenvalue weighted by Gasteiger charge is 2.38. The maximum atomic E-state index is 13.5. The number of rotatable bonds is 4. The minimum absolute atomic E-state index is 0.116. The highest BCUT2D eigenvalue weighted by atomic mass is 32.2. The number of likely N-dealkylation sites (N-methyl/N-ethyl adjacent to an activating group) is 1. The van der Waals surface area contributed by atoms with Crippen molar-refractivity contribution in [2.45, 2.75) is 24.6 Å². The number of aryl methyl sites for hydroxylation is 1. The Hall–Kier alpha value is -2.78. The second kappa shape index (κ2) is 7.72. The van der Waals surface area contributed by atoms with Crippen LogP contribution < -0.4 is 4.74 Å². The number of nitrogens with zero attached hydrogens (tertiary/aromatic N) is 2. The van der Waals surface area contributed by atoms with Crippen LogP contribution in [0.1, 0.15) is 17.5 Å². The monoisotopic (exact) mass is 450 g/mol. The lowest BCUT2D eigenvalue weighted by Gasteiger charge is -2.23. The Kier molecular flexibility index (Phi) is 5.35. The molecule has 164 valence electrons. The lowest BCUT2D eigenvalue weighted by molar-refractivity contribution is -0.276. The lowest BCUT2D eigenvalue weighted by atomic mass is 9.98. The number of alkyl halides is 3. The number of fused-ring (bicyclic) bond motifs is 1. The summed E-state index contributed by atoms with van der Waals surface area (Å²) in [5.74, 6) is -0.731. The fourth-order valence-corrected chi connectivity index (χ4v) is 5.21. The SMILES string of the molecule is Cc1ccc(S(=O)(=O)n2c(OC(F)(F)F)c(C3=CCN(C)CC3)c3ccccc32)cc1. The third kappa shape index (κ3) is 4.07. The van der Waals surface area contributed by atoms with E-state index in [2.05, 4.69) is 4.74 Å². The van der Waals surface area contributed by atoms with Crippen LogP contribution in [0.25, 0.3) is 16.5 Å². The molecule has 2 aromatic carbocycles. The van der Waals surface area contributed by atoms with E-state index in [-0.39, 0.29) is 16.0 Å². The largest absolute Gasteiger partial charge is 0.574 e. The van der Waals surface area contributed by atoms with E-state index in [4.69, 9.17) is 0 Å². The van der Waals surface area contributed by atoms with Crippen LogP contribution in [0.15, 0.2) is 59.5 Å². The maximum absolute atomic E-state index is 13.5. The summed E-state index contributed by atoms with van der Waals surface area (Å²) in [4.78, 5) is 1.91. The van der Waals surface area contributed by atoms with Crippen molar-refractivity contribution in [3.8, 4) is 5.88 Å². The summed E-state index contributed by atoms with van der Waals surface area (Å²) < 4.78 is 72.4. The molecule has 0 atom stereocenters. The first-order valence-corrected chi connectivity index (χ1v) is 11.1. The molecule has 1 aliphatic rings. The van der Waals surface area contributed by atoms with Gasteiger partial charge in [-0.3, -0.25) is 0 Å². The van der Waals surface area contributed by atoms with E-state index in [1.165, 1.54) is 18.2 Å². The van der Waals surface area contributed by atoms with Crippen molar-refractivity contribution in [1.82, 2.24) is 8.87 Å². The molecule has 0 radical (unpaired) electrons. The van der Waals surface area contributed by atoms with Crippen LogP contribution in [0.5, 0.6) is 5.88 Å². The van der Waals surface area contributed by atoms with E-state index in [1.807, 2.05) is 18.0 Å². The van der Waals surface area contributed by atoms with Crippen molar-refractivity contribution in [2.24, 2.45) is 0 Å². The first kappa shape index (κ1) is 21.5. The van der Waals surface area contributed by atoms with Gasteiger partial charge in [0, 0.05) is 24.0 Å². The summed E-state index contributed by atoms with van der Waals surface area (Å²) in [6.07, 6.45) is -2.77. The molecule has 1 aliphatic heterocycles. The van der Waals surface area contributed by atoms with Gasteiger partial charge in [0.25, 0.3) is 10.0 Å². The number of benzene rings is 2. The van der Waals surface area contributed by atoms with Gasteiger partial charge < -0.3 is 9.64 Å². The Morgan fingerprint density at radius 3 is 2.32 bits per heavy atom. The summed E-state index contributed by atoms with van der Waals surface area (Å²) in [5.41, 5.74) is 1.76. The summed E-state index contributed by atoms with van der Waals surface area (Å²) in [7, 11) is -2.45. The second-order valence-electron chi connectivity index (χ2n) is 7.57. The number of halogens is 3. The molecule has 1 aromatic heterocycles. The summed E-state index contributed by atoms with van der Waals surface area (Å²) in [6, 6.07) is 12.3. The van der Waals surface area contributed by atoms with Gasteiger partial charge in [0.2, 0.25) is 5.88 Å². The van der Waals surface area contributed by atoms with E-state index >= 15 is 0 Å². The normalized spacial score (nSPS) is 15.8. The van der Waals surface area contributed by atoms with Gasteiger partial charge in [0.1, 0.15) is 0 Å². The molecule has 0 saturated carbocycles. The zero-order chi connectivity index (χ0) is 22.4. The zero-order valence-electron chi connectivity index (χ0n) is 17.0. The van der Waals surface area contributed by atoms with Crippen molar-refractivity contribution in [3.05, 3.63) is 65.7 Å². The molecule has 0 fully saturated rings. The van der Waals surface area contributed by atoms with E-state index in [9.17, 15) is 21.6 Å². The molecule has 0 saturated heterocycles. The number of hydrogen-bond acceptors (Lipinski definition) is 4. The van der Waals surface area contributed by atoms with Gasteiger partial charge in [-0.05, 0) is 44.2 Å². The molecule has 0 spiro atoms. The maximum Gasteiger partial charge on any atom is 0.574 e. The molecule has 5 nitrogen and oxygen atoms in total. The van der Waals surface area contributed by atoms with Gasteiger partial charge in [-0.25, -0.2) is 12.4 Å². The Balaban J connectivity index is 2.05. The second-order valence-corrected chi connectivity index (χ2v) is 9.36. The predicted molar refractivity (Wildman–Crippen MR) is 112 cm³/mol. The van der Waals surface area contributed by atoms with Gasteiger partial charge in [-0.15, -0.1) is 13.2 Å². The van der Waals surface area contributed by atoms with Gasteiger partial charge in [0.05, 0.1) is 10.4 Å². The van der Waals surface area contributed by atoms with Crippen molar-refractivity contribution >= 4 is 26.5 Å². The quantitative estimate of drug-likeness (QED) is 0.573. The van der Waals surface area contributed by atoms with Crippen molar-refractivity contribution in [1.29, 1.82) is 0 Å². The molecule has 9 heteroatoms. The van der Waals surface area contributed by atoms with Crippen molar-refractivity contribution < 1.29 is 26.3 Å². The smallest absolute Gasteiger partial charge is 0.388 e. The molecule has 2 heterocycles. The third-order valence-electron chi connectivity index (χ3n) is 5.30. The Morgan fingerprint density at radius 2 is 1.71 bits per heavy atom. The van der Waals surface area contributed by atoms with E-state index in [0.717, 1.165) is 5.56 Å². The van der Waals surface area contributed by atoms with Crippen molar-refractivity contribution in [3.63, 3.8) is 0 Å². The van der Waals surface area contributed by atoms with Crippen LogP contribution in [-0.2, 0) is 10.0 Å². The average molecular weight is 450 g/mol. The first-order chi connectivity index (χ1) is 14.6. The summed E-state index contributed by atoms with van der Waals surface area (Å²) in [6.45, 7) is 2.98. The fraction of sp³-hybridized carbons (Fsp3) is 0.273. The Bertz CT molecular complexity index is 1260. The lowest BCUT2D eigenvalue weighted by Crippen LogP contribution is -2.25. The molecule has 0 aliphatic carbocycles. The molecule has 0 bridgehead atoms. The van der Waals surface area contributed by atoms with Gasteiger partial charge in [0.15, 0.2) is 0 Å². The van der Waals surface area contributed by atoms with Crippen LogP contribution in [-0.4, -0.2) is 43.8 Å². The molecule has 31 heavy (non-hydrogen) atoms. The van der Waals surface area contributed by atoms with Gasteiger partial charge >= 0.3 is 6.36 Å². The van der Waals surface area contributed by atoms with E-state index in [1.54, 1.807) is 37.3 Å². The number of hydrogen-bond donors (Lipinski definition) is 0. The Labute approximate surface area is 178 Å². The predicted octanol–water partition coefficient (Wildman–Crippen LogP) is 4.80. The molecule has 4 rings (SSSR count). The fourth-order valence-electron chi connectivity index (χ4n) is 3.75. The molecular formula is C22H21F3N2O3S. The molecule has 0 amide bonds. The van der Waals surface area contributed by atoms with Crippen molar-refractivity contribution in [2.75, 3.05) is 20.1 Å². The average Bonchev–Trinajstić information content (AvgIpc) is 3.01. The first-order valence-electron chi connectivity index (χ1n) is 9.67. The highest BCUT2D eigenvalue weighted by Crippen LogP contribution is 2.43. The van der Waals surface area contributed by atoms with E-state index in [0.29, 0.717) is 34.4 Å². The standard InChI is InChI=1S/C22H21F3N2O3S/c1-15-7-9-17(10-8-15)31(28,29)27-19-6-4-3-5-18(19)20(21(27)30-22(23,24)25)16-11-13-26(2)14-12-16/h3-11H,12-14H2,1-2H3. The van der Waals surface area contributed by atoms with Crippen LogP contribution in [0.4, 0.5) is 13.2 Å². The molecular weight excluding hydrogens is 429 g/mol. The third-order valence-corrected chi connectivity index (χ3v) is 7.01. The van der Waals surface area contributed by atoms with Gasteiger partial charge in [-0.1, -0.05) is 42.0 Å². The van der Waals surface area contributed by atoms with E-state index < -0.39 is 22.3 Å². The Morgan fingerprint density at radius 1 is 1.03 bits per heavy atom. The van der Waals surface area contributed by atoms with Crippen LogP contribution in [0.2, 0.25) is 0 Å². The molecule has 0 unspecified atom stereocenters. The summed E-state index contributed by atoms with van der Waals surface area (Å²) in [5, 5.41) is 0.397. The summed E-state index contributed by atoms with van der Waals surface area (Å²) >= 11 is 0. The highest BCUT2D eigenvalue weighted by molar-refractivity contribution is 7.90. The zero-order valence-corrected chi connectivity index (χ0v) is 17.8. The number of para-hydroxylation sites is 1. The molecule has 3 aromatic rings. The number of aromatic nitrogens is 1. The topological polar surface area (TPSA) is 51.5 Å². The van der Waals surface area contributed by atoms with Gasteiger partial charge in [-0.2, -0.15) is 0 Å². The number of ether oxygens (including phenoxy) is 1.